The van der Waals surface area contributed by atoms with Gasteiger partial charge in [-0.05, 0) is 70.6 Å². The zero-order valence-electron chi connectivity index (χ0n) is 22.3. The second-order valence-electron chi connectivity index (χ2n) is 10.8. The van der Waals surface area contributed by atoms with E-state index in [-0.39, 0.29) is 11.3 Å². The van der Waals surface area contributed by atoms with Crippen LogP contribution in [0, 0.1) is 53.4 Å². The second-order valence-corrected chi connectivity index (χ2v) is 10.8. The first kappa shape index (κ1) is 24.3. The third-order valence-corrected chi connectivity index (χ3v) is 7.63. The standard InChI is InChI=1S/C34H40/c1-9-28(8)32-11-10-12-33(32)34(29-16-22(2)13-23(3)17-29,30-18-24(4)14-25(5)19-30)31-20-26(6)15-27(7)21-31/h10-21,28,33H,9H2,1-8H3. The van der Waals surface area contributed by atoms with Gasteiger partial charge in [-0.15, -0.1) is 0 Å². The van der Waals surface area contributed by atoms with Crippen LogP contribution < -0.4 is 0 Å². The van der Waals surface area contributed by atoms with Crippen molar-refractivity contribution in [3.05, 3.63) is 128 Å². The van der Waals surface area contributed by atoms with Gasteiger partial charge in [-0.2, -0.15) is 0 Å². The first-order valence-corrected chi connectivity index (χ1v) is 12.8. The highest BCUT2D eigenvalue weighted by Crippen LogP contribution is 2.52. The average Bonchev–Trinajstić information content (AvgIpc) is 3.22. The maximum Gasteiger partial charge on any atom is 0.0551 e. The minimum atomic E-state index is -0.299. The lowest BCUT2D eigenvalue weighted by molar-refractivity contribution is 0.456. The summed E-state index contributed by atoms with van der Waals surface area (Å²) in [6.07, 6.45) is 8.30. The van der Waals surface area contributed by atoms with Gasteiger partial charge in [0, 0.05) is 5.92 Å². The van der Waals surface area contributed by atoms with E-state index in [0.717, 1.165) is 6.42 Å². The summed E-state index contributed by atoms with van der Waals surface area (Å²) in [5, 5.41) is 0. The van der Waals surface area contributed by atoms with Crippen LogP contribution in [0.4, 0.5) is 0 Å². The van der Waals surface area contributed by atoms with Gasteiger partial charge in [0.15, 0.2) is 0 Å². The number of hydrogen-bond donors (Lipinski definition) is 0. The highest BCUT2D eigenvalue weighted by atomic mass is 14.5. The Morgan fingerprint density at radius 1 is 0.618 bits per heavy atom. The third kappa shape index (κ3) is 4.31. The molecule has 3 aromatic carbocycles. The van der Waals surface area contributed by atoms with Crippen molar-refractivity contribution in [1.82, 2.24) is 0 Å². The molecule has 0 heterocycles. The first-order chi connectivity index (χ1) is 16.1. The molecule has 0 radical (unpaired) electrons. The molecule has 0 fully saturated rings. The second kappa shape index (κ2) is 9.41. The Balaban J connectivity index is 2.20. The fourth-order valence-corrected chi connectivity index (χ4v) is 6.24. The smallest absolute Gasteiger partial charge is 0.0551 e. The van der Waals surface area contributed by atoms with Gasteiger partial charge in [-0.3, -0.25) is 0 Å². The Bertz CT molecular complexity index is 1080. The molecule has 34 heavy (non-hydrogen) atoms. The minimum Gasteiger partial charge on any atom is -0.0758 e. The normalized spacial score (nSPS) is 16.6. The number of hydrogen-bond acceptors (Lipinski definition) is 0. The predicted molar refractivity (Wildman–Crippen MR) is 148 cm³/mol. The number of allylic oxidation sites excluding steroid dienone is 4. The van der Waals surface area contributed by atoms with Crippen LogP contribution in [0.2, 0.25) is 0 Å². The molecule has 3 aromatic rings. The van der Waals surface area contributed by atoms with E-state index < -0.39 is 0 Å². The molecule has 0 bridgehead atoms. The molecule has 2 atom stereocenters. The van der Waals surface area contributed by atoms with Crippen LogP contribution in [-0.2, 0) is 5.41 Å². The van der Waals surface area contributed by atoms with E-state index in [2.05, 4.69) is 128 Å². The maximum absolute atomic E-state index is 2.47. The van der Waals surface area contributed by atoms with Gasteiger partial charge in [0.05, 0.1) is 5.41 Å². The van der Waals surface area contributed by atoms with E-state index >= 15 is 0 Å². The molecule has 0 aliphatic heterocycles. The quantitative estimate of drug-likeness (QED) is 0.330. The molecule has 0 aromatic heterocycles. The van der Waals surface area contributed by atoms with E-state index in [0.29, 0.717) is 5.92 Å². The van der Waals surface area contributed by atoms with Crippen LogP contribution in [0.15, 0.2) is 78.4 Å². The number of benzene rings is 3. The molecular weight excluding hydrogens is 408 g/mol. The highest BCUT2D eigenvalue weighted by Gasteiger charge is 2.46. The zero-order chi connectivity index (χ0) is 24.6. The number of aryl methyl sites for hydroxylation is 6. The van der Waals surface area contributed by atoms with Gasteiger partial charge in [0.2, 0.25) is 0 Å². The Morgan fingerprint density at radius 3 is 1.29 bits per heavy atom. The summed E-state index contributed by atoms with van der Waals surface area (Å²) in [4.78, 5) is 0. The Morgan fingerprint density at radius 2 is 0.971 bits per heavy atom. The van der Waals surface area contributed by atoms with Crippen molar-refractivity contribution in [3.8, 4) is 0 Å². The van der Waals surface area contributed by atoms with E-state index in [1.165, 1.54) is 50.1 Å². The molecule has 0 N–H and O–H groups in total. The van der Waals surface area contributed by atoms with Crippen molar-refractivity contribution in [1.29, 1.82) is 0 Å². The fraction of sp³-hybridized carbons (Fsp3) is 0.353. The molecule has 0 amide bonds. The molecule has 0 spiro atoms. The minimum absolute atomic E-state index is 0.269. The zero-order valence-corrected chi connectivity index (χ0v) is 22.3. The fourth-order valence-electron chi connectivity index (χ4n) is 6.24. The monoisotopic (exact) mass is 448 g/mol. The lowest BCUT2D eigenvalue weighted by atomic mass is 9.58. The van der Waals surface area contributed by atoms with Crippen molar-refractivity contribution in [3.63, 3.8) is 0 Å². The lowest BCUT2D eigenvalue weighted by Crippen LogP contribution is -2.39. The Labute approximate surface area is 207 Å². The first-order valence-electron chi connectivity index (χ1n) is 12.8. The Hall–Kier alpha value is -2.86. The van der Waals surface area contributed by atoms with Crippen LogP contribution in [0.1, 0.15) is 70.3 Å². The van der Waals surface area contributed by atoms with Crippen LogP contribution in [0.5, 0.6) is 0 Å². The summed E-state index contributed by atoms with van der Waals surface area (Å²) in [6, 6.07) is 21.5. The molecule has 2 unspecified atom stereocenters. The van der Waals surface area contributed by atoms with Gasteiger partial charge in [0.25, 0.3) is 0 Å². The topological polar surface area (TPSA) is 0 Å². The molecule has 0 nitrogen and oxygen atoms in total. The summed E-state index contributed by atoms with van der Waals surface area (Å²) < 4.78 is 0. The highest BCUT2D eigenvalue weighted by molar-refractivity contribution is 5.59. The molecule has 4 rings (SSSR count). The van der Waals surface area contributed by atoms with Crippen molar-refractivity contribution < 1.29 is 0 Å². The average molecular weight is 449 g/mol. The third-order valence-electron chi connectivity index (χ3n) is 7.63. The van der Waals surface area contributed by atoms with Gasteiger partial charge < -0.3 is 0 Å². The van der Waals surface area contributed by atoms with Crippen LogP contribution in [-0.4, -0.2) is 0 Å². The molecular formula is C34H40. The van der Waals surface area contributed by atoms with Crippen LogP contribution >= 0.6 is 0 Å². The van der Waals surface area contributed by atoms with Gasteiger partial charge in [-0.25, -0.2) is 0 Å². The largest absolute Gasteiger partial charge is 0.0758 e. The van der Waals surface area contributed by atoms with Crippen molar-refractivity contribution >= 4 is 0 Å². The number of rotatable bonds is 6. The van der Waals surface area contributed by atoms with E-state index in [9.17, 15) is 0 Å². The van der Waals surface area contributed by atoms with Gasteiger partial charge in [-0.1, -0.05) is 126 Å². The molecule has 0 saturated heterocycles. The van der Waals surface area contributed by atoms with E-state index in [1.807, 2.05) is 0 Å². The summed E-state index contributed by atoms with van der Waals surface area (Å²) in [5.74, 6) is 0.799. The van der Waals surface area contributed by atoms with Crippen molar-refractivity contribution in [2.45, 2.75) is 67.2 Å². The van der Waals surface area contributed by atoms with Crippen LogP contribution in [0.25, 0.3) is 0 Å². The maximum atomic E-state index is 2.47. The summed E-state index contributed by atoms with van der Waals surface area (Å²) in [6.45, 7) is 18.1. The summed E-state index contributed by atoms with van der Waals surface area (Å²) in [5.41, 5.74) is 13.4. The summed E-state index contributed by atoms with van der Waals surface area (Å²) in [7, 11) is 0. The molecule has 0 saturated carbocycles. The van der Waals surface area contributed by atoms with E-state index in [4.69, 9.17) is 0 Å². The Kier molecular flexibility index (Phi) is 6.72. The van der Waals surface area contributed by atoms with Crippen molar-refractivity contribution in [2.24, 2.45) is 11.8 Å². The SMILES string of the molecule is CCC(C)C1=CC=CC1C(c1cc(C)cc(C)c1)(c1cc(C)cc(C)c1)c1cc(C)cc(C)c1. The lowest BCUT2D eigenvalue weighted by Gasteiger charge is -2.44. The van der Waals surface area contributed by atoms with E-state index in [1.54, 1.807) is 5.57 Å². The van der Waals surface area contributed by atoms with Gasteiger partial charge >= 0.3 is 0 Å². The predicted octanol–water partition coefficient (Wildman–Crippen LogP) is 9.03. The van der Waals surface area contributed by atoms with Crippen molar-refractivity contribution in [2.75, 3.05) is 0 Å². The van der Waals surface area contributed by atoms with Crippen LogP contribution in [0.3, 0.4) is 0 Å². The molecule has 1 aliphatic rings. The molecule has 1 aliphatic carbocycles. The van der Waals surface area contributed by atoms with Gasteiger partial charge in [0.1, 0.15) is 0 Å². The molecule has 0 heteroatoms. The molecule has 176 valence electrons. The summed E-state index contributed by atoms with van der Waals surface area (Å²) >= 11 is 0.